The standard InChI is InChI=1S/C8H12N4O3S/c1-2-3-5(7(13)14)10-8(15)11-6-4-9-12-16-6/h4-5H,2-3H2,1H3,(H,13,14)(H2,10,11,15). The molecule has 8 heteroatoms. The van der Waals surface area contributed by atoms with E-state index in [1.54, 1.807) is 0 Å². The highest BCUT2D eigenvalue weighted by Crippen LogP contribution is 2.08. The molecular formula is C8H12N4O3S. The van der Waals surface area contributed by atoms with E-state index >= 15 is 0 Å². The first-order valence-electron chi connectivity index (χ1n) is 4.71. The van der Waals surface area contributed by atoms with Crippen LogP contribution in [-0.4, -0.2) is 32.7 Å². The molecule has 3 N–H and O–H groups in total. The normalized spacial score (nSPS) is 11.8. The van der Waals surface area contributed by atoms with Gasteiger partial charge in [0.1, 0.15) is 11.0 Å². The summed E-state index contributed by atoms with van der Waals surface area (Å²) in [5, 5.41) is 17.6. The lowest BCUT2D eigenvalue weighted by molar-refractivity contribution is -0.139. The molecule has 0 bridgehead atoms. The number of carboxylic acid groups (broad SMARTS) is 1. The number of rotatable bonds is 5. The molecule has 0 aliphatic rings. The van der Waals surface area contributed by atoms with Crippen molar-refractivity contribution in [1.29, 1.82) is 0 Å². The van der Waals surface area contributed by atoms with E-state index in [1.165, 1.54) is 6.20 Å². The van der Waals surface area contributed by atoms with E-state index in [-0.39, 0.29) is 0 Å². The van der Waals surface area contributed by atoms with Crippen molar-refractivity contribution in [3.05, 3.63) is 6.20 Å². The van der Waals surface area contributed by atoms with Gasteiger partial charge in [-0.1, -0.05) is 17.8 Å². The number of carbonyl (C=O) groups is 2. The van der Waals surface area contributed by atoms with Crippen LogP contribution < -0.4 is 10.6 Å². The van der Waals surface area contributed by atoms with Crippen molar-refractivity contribution in [1.82, 2.24) is 14.9 Å². The summed E-state index contributed by atoms with van der Waals surface area (Å²) in [6, 6.07) is -1.43. The molecule has 0 saturated carbocycles. The van der Waals surface area contributed by atoms with Crippen LogP contribution in [0.1, 0.15) is 19.8 Å². The molecule has 0 fully saturated rings. The maximum absolute atomic E-state index is 11.4. The maximum Gasteiger partial charge on any atom is 0.326 e. The zero-order valence-electron chi connectivity index (χ0n) is 8.64. The molecule has 0 radical (unpaired) electrons. The second kappa shape index (κ2) is 6.01. The summed E-state index contributed by atoms with van der Waals surface area (Å²) >= 11 is 1.02. The van der Waals surface area contributed by atoms with Crippen LogP contribution in [0.25, 0.3) is 0 Å². The number of nitrogens with one attached hydrogen (secondary N) is 2. The van der Waals surface area contributed by atoms with Gasteiger partial charge in [-0.15, -0.1) is 5.10 Å². The Labute approximate surface area is 96.0 Å². The maximum atomic E-state index is 11.4. The highest BCUT2D eigenvalue weighted by molar-refractivity contribution is 7.10. The number of aromatic nitrogens is 2. The Bertz CT molecular complexity index is 354. The summed E-state index contributed by atoms with van der Waals surface area (Å²) in [6.45, 7) is 1.85. The lowest BCUT2D eigenvalue weighted by Gasteiger charge is -2.13. The molecule has 1 atom stereocenters. The molecule has 1 aromatic rings. The number of amides is 2. The average Bonchev–Trinajstić information content (AvgIpc) is 2.69. The quantitative estimate of drug-likeness (QED) is 0.714. The molecule has 1 aromatic heterocycles. The smallest absolute Gasteiger partial charge is 0.326 e. The van der Waals surface area contributed by atoms with Crippen molar-refractivity contribution in [2.75, 3.05) is 5.32 Å². The summed E-state index contributed by atoms with van der Waals surface area (Å²) < 4.78 is 3.56. The molecule has 1 rings (SSSR count). The van der Waals surface area contributed by atoms with Gasteiger partial charge in [0.15, 0.2) is 0 Å². The Morgan fingerprint density at radius 2 is 2.38 bits per heavy atom. The van der Waals surface area contributed by atoms with Crippen LogP contribution in [0.4, 0.5) is 9.80 Å². The Kier molecular flexibility index (Phi) is 4.65. The molecule has 0 saturated heterocycles. The van der Waals surface area contributed by atoms with Gasteiger partial charge in [0.25, 0.3) is 0 Å². The van der Waals surface area contributed by atoms with Gasteiger partial charge < -0.3 is 10.4 Å². The number of nitrogens with zero attached hydrogens (tertiary/aromatic N) is 2. The first kappa shape index (κ1) is 12.4. The molecule has 0 aromatic carbocycles. The van der Waals surface area contributed by atoms with E-state index < -0.39 is 18.0 Å². The summed E-state index contributed by atoms with van der Waals surface area (Å²) in [7, 11) is 0. The fraction of sp³-hybridized carbons (Fsp3) is 0.500. The van der Waals surface area contributed by atoms with Crippen LogP contribution in [0, 0.1) is 0 Å². The van der Waals surface area contributed by atoms with Gasteiger partial charge >= 0.3 is 12.0 Å². The van der Waals surface area contributed by atoms with Crippen molar-refractivity contribution in [2.24, 2.45) is 0 Å². The van der Waals surface area contributed by atoms with Gasteiger partial charge in [-0.3, -0.25) is 5.32 Å². The van der Waals surface area contributed by atoms with Crippen molar-refractivity contribution in [2.45, 2.75) is 25.8 Å². The van der Waals surface area contributed by atoms with E-state index in [1.807, 2.05) is 6.92 Å². The molecule has 2 amide bonds. The third-order valence-corrected chi connectivity index (χ3v) is 2.36. The second-order valence-electron chi connectivity index (χ2n) is 3.06. The van der Waals surface area contributed by atoms with E-state index in [9.17, 15) is 9.59 Å². The molecule has 7 nitrogen and oxygen atoms in total. The van der Waals surface area contributed by atoms with Crippen LogP contribution in [0.3, 0.4) is 0 Å². The molecule has 0 spiro atoms. The zero-order valence-corrected chi connectivity index (χ0v) is 9.45. The predicted molar refractivity (Wildman–Crippen MR) is 58.4 cm³/mol. The van der Waals surface area contributed by atoms with Crippen LogP contribution in [0.15, 0.2) is 6.20 Å². The third kappa shape index (κ3) is 3.81. The molecule has 1 heterocycles. The van der Waals surface area contributed by atoms with Gasteiger partial charge in [0.2, 0.25) is 0 Å². The largest absolute Gasteiger partial charge is 0.480 e. The highest BCUT2D eigenvalue weighted by Gasteiger charge is 2.18. The lowest BCUT2D eigenvalue weighted by Crippen LogP contribution is -2.42. The third-order valence-electron chi connectivity index (χ3n) is 1.78. The number of anilines is 1. The van der Waals surface area contributed by atoms with Gasteiger partial charge in [-0.2, -0.15) is 0 Å². The summed E-state index contributed by atoms with van der Waals surface area (Å²) in [5.41, 5.74) is 0. The van der Waals surface area contributed by atoms with Gasteiger partial charge in [-0.25, -0.2) is 9.59 Å². The van der Waals surface area contributed by atoms with Gasteiger partial charge in [0.05, 0.1) is 6.20 Å². The molecule has 0 aliphatic heterocycles. The van der Waals surface area contributed by atoms with E-state index in [4.69, 9.17) is 5.11 Å². The minimum Gasteiger partial charge on any atom is -0.480 e. The van der Waals surface area contributed by atoms with Crippen molar-refractivity contribution < 1.29 is 14.7 Å². The minimum atomic E-state index is -1.04. The van der Waals surface area contributed by atoms with Crippen LogP contribution in [0.5, 0.6) is 0 Å². The number of carboxylic acids is 1. The SMILES string of the molecule is CCCC(NC(=O)Nc1cnns1)C(=O)O. The van der Waals surface area contributed by atoms with E-state index in [0.29, 0.717) is 17.8 Å². The zero-order chi connectivity index (χ0) is 12.0. The highest BCUT2D eigenvalue weighted by atomic mass is 32.1. The number of hydrogen-bond acceptors (Lipinski definition) is 5. The van der Waals surface area contributed by atoms with Crippen molar-refractivity contribution in [3.63, 3.8) is 0 Å². The molecule has 0 aliphatic carbocycles. The van der Waals surface area contributed by atoms with Crippen LogP contribution in [-0.2, 0) is 4.79 Å². The number of urea groups is 1. The van der Waals surface area contributed by atoms with Crippen LogP contribution in [0.2, 0.25) is 0 Å². The second-order valence-corrected chi connectivity index (χ2v) is 3.85. The number of hydrogen-bond donors (Lipinski definition) is 3. The lowest BCUT2D eigenvalue weighted by atomic mass is 10.2. The summed E-state index contributed by atoms with van der Waals surface area (Å²) in [6.07, 6.45) is 2.46. The first-order valence-corrected chi connectivity index (χ1v) is 5.48. The topological polar surface area (TPSA) is 104 Å². The Balaban J connectivity index is 2.45. The molecule has 1 unspecified atom stereocenters. The predicted octanol–water partition coefficient (Wildman–Crippen LogP) is 0.913. The number of aliphatic carboxylic acids is 1. The van der Waals surface area contributed by atoms with Gasteiger partial charge in [0, 0.05) is 11.5 Å². The van der Waals surface area contributed by atoms with E-state index in [2.05, 4.69) is 20.2 Å². The average molecular weight is 244 g/mol. The Morgan fingerprint density at radius 3 is 2.88 bits per heavy atom. The minimum absolute atomic E-state index is 0.393. The molecular weight excluding hydrogens is 232 g/mol. The first-order chi connectivity index (χ1) is 7.63. The molecule has 16 heavy (non-hydrogen) atoms. The number of carbonyl (C=O) groups excluding carboxylic acids is 1. The van der Waals surface area contributed by atoms with Crippen molar-refractivity contribution in [3.8, 4) is 0 Å². The fourth-order valence-electron chi connectivity index (χ4n) is 1.07. The van der Waals surface area contributed by atoms with Crippen LogP contribution >= 0.6 is 11.5 Å². The fourth-order valence-corrected chi connectivity index (χ4v) is 1.49. The monoisotopic (exact) mass is 244 g/mol. The summed E-state index contributed by atoms with van der Waals surface area (Å²) in [5.74, 6) is -1.04. The Morgan fingerprint density at radius 1 is 1.62 bits per heavy atom. The molecule has 88 valence electrons. The van der Waals surface area contributed by atoms with E-state index in [0.717, 1.165) is 11.5 Å². The summed E-state index contributed by atoms with van der Waals surface area (Å²) in [4.78, 5) is 22.1. The van der Waals surface area contributed by atoms with Gasteiger partial charge in [-0.05, 0) is 6.42 Å². The Hall–Kier alpha value is -1.70. The van der Waals surface area contributed by atoms with Crippen molar-refractivity contribution >= 4 is 28.5 Å².